The summed E-state index contributed by atoms with van der Waals surface area (Å²) in [6.07, 6.45) is 6.55. The van der Waals surface area contributed by atoms with Gasteiger partial charge in [-0.25, -0.2) is 9.31 Å². The van der Waals surface area contributed by atoms with Gasteiger partial charge >= 0.3 is 6.09 Å². The van der Waals surface area contributed by atoms with Gasteiger partial charge in [-0.3, -0.25) is 9.78 Å². The minimum absolute atomic E-state index is 0.0883. The van der Waals surface area contributed by atoms with Gasteiger partial charge in [0, 0.05) is 56.1 Å². The number of nitrogens with zero attached hydrogens (tertiary/aromatic N) is 8. The van der Waals surface area contributed by atoms with E-state index < -0.39 is 5.60 Å². The predicted octanol–water partition coefficient (Wildman–Crippen LogP) is 5.58. The average Bonchev–Trinajstić information content (AvgIpc) is 3.79. The lowest BCUT2D eigenvalue weighted by Gasteiger charge is -2.39. The number of amides is 2. The molecule has 0 aromatic carbocycles. The molecule has 7 rings (SSSR count). The third-order valence-corrected chi connectivity index (χ3v) is 10.8. The van der Waals surface area contributed by atoms with E-state index in [4.69, 9.17) is 9.72 Å². The first kappa shape index (κ1) is 33.7. The van der Waals surface area contributed by atoms with Crippen molar-refractivity contribution in [1.82, 2.24) is 35.0 Å². The predicted molar refractivity (Wildman–Crippen MR) is 192 cm³/mol. The first-order valence-corrected chi connectivity index (χ1v) is 18.3. The van der Waals surface area contributed by atoms with Gasteiger partial charge in [0.1, 0.15) is 11.7 Å². The summed E-state index contributed by atoms with van der Waals surface area (Å²) in [4.78, 5) is 34.7. The summed E-state index contributed by atoms with van der Waals surface area (Å²) in [7, 11) is 0. The van der Waals surface area contributed by atoms with Crippen LogP contribution >= 0.6 is 11.3 Å². The molecule has 13 nitrogen and oxygen atoms in total. The molecule has 6 heterocycles. The van der Waals surface area contributed by atoms with Crippen LogP contribution in [0.15, 0.2) is 36.7 Å². The molecule has 4 aromatic heterocycles. The molecule has 50 heavy (non-hydrogen) atoms. The molecule has 2 aliphatic heterocycles. The maximum absolute atomic E-state index is 13.4. The fourth-order valence-electron chi connectivity index (χ4n) is 7.45. The first-order valence-electron chi connectivity index (χ1n) is 17.5. The second kappa shape index (κ2) is 13.5. The normalized spacial score (nSPS) is 21.0. The number of hydrogen-bond donors (Lipinski definition) is 2. The fourth-order valence-corrected chi connectivity index (χ4v) is 8.34. The summed E-state index contributed by atoms with van der Waals surface area (Å²) in [5.74, 6) is 0.718. The molecule has 3 fully saturated rings. The molecule has 1 unspecified atom stereocenters. The number of aromatic nitrogens is 5. The van der Waals surface area contributed by atoms with Gasteiger partial charge in [-0.15, -0.1) is 10.2 Å². The van der Waals surface area contributed by atoms with Crippen LogP contribution in [0.5, 0.6) is 0 Å². The quantitative estimate of drug-likeness (QED) is 0.250. The third-order valence-electron chi connectivity index (χ3n) is 9.82. The van der Waals surface area contributed by atoms with Gasteiger partial charge in [0.15, 0.2) is 5.01 Å². The largest absolute Gasteiger partial charge is 0.444 e. The number of likely N-dealkylation sites (tertiary alicyclic amines) is 1. The summed E-state index contributed by atoms with van der Waals surface area (Å²) in [5, 5.41) is 31.6. The van der Waals surface area contributed by atoms with Crippen molar-refractivity contribution in [3.05, 3.63) is 42.2 Å². The summed E-state index contributed by atoms with van der Waals surface area (Å²) in [6.45, 7) is 12.5. The van der Waals surface area contributed by atoms with Crippen molar-refractivity contribution < 1.29 is 14.3 Å². The Bertz CT molecular complexity index is 1920. The first-order chi connectivity index (χ1) is 24.0. The maximum Gasteiger partial charge on any atom is 0.410 e. The molecule has 3 aliphatic rings. The average molecular weight is 697 g/mol. The number of rotatable bonds is 7. The van der Waals surface area contributed by atoms with Crippen LogP contribution in [0.4, 0.5) is 15.6 Å². The van der Waals surface area contributed by atoms with Crippen LogP contribution in [0.3, 0.4) is 0 Å². The molecule has 262 valence electrons. The SMILES string of the molecule is CC(C)Nc1cc(-c2ccc3cc(C#N)cnn23)ncc1-c1nnc(N2C[C@H]3CC[C@@H](C2)C3NC(=O)C2CCN(C(=O)OC(C)(C)C)CC2)s1. The van der Waals surface area contributed by atoms with Crippen molar-refractivity contribution in [2.45, 2.75) is 78.0 Å². The summed E-state index contributed by atoms with van der Waals surface area (Å²) in [5.41, 5.74) is 4.19. The summed E-state index contributed by atoms with van der Waals surface area (Å²) < 4.78 is 7.31. The number of hydrogen-bond acceptors (Lipinski definition) is 11. The van der Waals surface area contributed by atoms with Gasteiger partial charge in [-0.2, -0.15) is 10.4 Å². The third kappa shape index (κ3) is 6.96. The molecule has 1 saturated carbocycles. The number of carbonyl (C=O) groups excluding carboxylic acids is 2. The lowest BCUT2D eigenvalue weighted by Crippen LogP contribution is -2.54. The van der Waals surface area contributed by atoms with E-state index in [0.717, 1.165) is 64.2 Å². The van der Waals surface area contributed by atoms with Crippen LogP contribution in [-0.4, -0.2) is 85.6 Å². The Hall–Kier alpha value is -4.77. The van der Waals surface area contributed by atoms with Crippen LogP contribution in [0.2, 0.25) is 0 Å². The molecule has 0 radical (unpaired) electrons. The zero-order chi connectivity index (χ0) is 35.2. The second-order valence-electron chi connectivity index (χ2n) is 15.0. The minimum atomic E-state index is -0.532. The Morgan fingerprint density at radius 3 is 2.46 bits per heavy atom. The Morgan fingerprint density at radius 1 is 1.04 bits per heavy atom. The summed E-state index contributed by atoms with van der Waals surface area (Å²) in [6, 6.07) is 10.2. The molecule has 1 aliphatic carbocycles. The minimum Gasteiger partial charge on any atom is -0.444 e. The topological polar surface area (TPSA) is 154 Å². The molecule has 2 bridgehead atoms. The van der Waals surface area contributed by atoms with E-state index in [2.05, 4.69) is 50.7 Å². The van der Waals surface area contributed by atoms with Crippen molar-refractivity contribution in [2.75, 3.05) is 36.4 Å². The molecule has 14 heteroatoms. The number of pyridine rings is 1. The number of piperidine rings is 2. The van der Waals surface area contributed by atoms with Crippen molar-refractivity contribution in [1.29, 1.82) is 5.26 Å². The van der Waals surface area contributed by atoms with Crippen molar-refractivity contribution >= 4 is 39.7 Å². The molecule has 3 atom stereocenters. The standard InChI is InChI=1S/C36H44N10O3S/c1-21(2)40-28-15-29(30-9-8-26-14-22(16-37)17-39-46(26)30)38-18-27(28)33-42-43-34(50-33)45-19-24-6-7-25(20-45)31(24)41-32(47)23-10-12-44(13-11-23)35(48)49-36(3,4)5/h8-9,14-15,17-18,21,23-25,31H,6-7,10-13,19-20H2,1-5H3,(H,38,40)(H,41,47)/t24-,25+,31?. The van der Waals surface area contributed by atoms with Crippen LogP contribution in [0.1, 0.15) is 65.9 Å². The van der Waals surface area contributed by atoms with Crippen LogP contribution in [-0.2, 0) is 9.53 Å². The van der Waals surface area contributed by atoms with Crippen LogP contribution < -0.4 is 15.5 Å². The molecule has 2 amide bonds. The van der Waals surface area contributed by atoms with Crippen LogP contribution in [0, 0.1) is 29.1 Å². The van der Waals surface area contributed by atoms with Gasteiger partial charge in [0.05, 0.1) is 34.2 Å². The van der Waals surface area contributed by atoms with Crippen molar-refractivity contribution in [3.63, 3.8) is 0 Å². The van der Waals surface area contributed by atoms with E-state index in [9.17, 15) is 14.9 Å². The van der Waals surface area contributed by atoms with E-state index in [1.165, 1.54) is 0 Å². The Morgan fingerprint density at radius 2 is 1.78 bits per heavy atom. The molecule has 0 spiro atoms. The van der Waals surface area contributed by atoms with Gasteiger partial charge < -0.3 is 25.2 Å². The van der Waals surface area contributed by atoms with Gasteiger partial charge in [0.2, 0.25) is 11.0 Å². The highest BCUT2D eigenvalue weighted by Crippen LogP contribution is 2.42. The van der Waals surface area contributed by atoms with Crippen molar-refractivity contribution in [2.24, 2.45) is 17.8 Å². The molecule has 2 saturated heterocycles. The van der Waals surface area contributed by atoms with Gasteiger partial charge in [-0.1, -0.05) is 11.3 Å². The highest BCUT2D eigenvalue weighted by Gasteiger charge is 2.44. The van der Waals surface area contributed by atoms with Gasteiger partial charge in [0.25, 0.3) is 0 Å². The van der Waals surface area contributed by atoms with E-state index in [1.807, 2.05) is 51.2 Å². The fraction of sp³-hybridized carbons (Fsp3) is 0.528. The number of carbonyl (C=O) groups is 2. The number of nitriles is 1. The smallest absolute Gasteiger partial charge is 0.410 e. The van der Waals surface area contributed by atoms with Crippen molar-refractivity contribution in [3.8, 4) is 28.0 Å². The van der Waals surface area contributed by atoms with Crippen LogP contribution in [0.25, 0.3) is 27.5 Å². The Balaban J connectivity index is 1.01. The second-order valence-corrected chi connectivity index (χ2v) is 15.9. The monoisotopic (exact) mass is 696 g/mol. The number of nitrogens with one attached hydrogen (secondary N) is 2. The number of anilines is 2. The Kier molecular flexibility index (Phi) is 9.11. The van der Waals surface area contributed by atoms with E-state index in [1.54, 1.807) is 26.9 Å². The molecule has 4 aromatic rings. The summed E-state index contributed by atoms with van der Waals surface area (Å²) >= 11 is 1.56. The molecular formula is C36H44N10O3S. The van der Waals surface area contributed by atoms with E-state index >= 15 is 0 Å². The highest BCUT2D eigenvalue weighted by molar-refractivity contribution is 7.18. The van der Waals surface area contributed by atoms with Gasteiger partial charge in [-0.05, 0) is 96.4 Å². The van der Waals surface area contributed by atoms with E-state index in [0.29, 0.717) is 43.3 Å². The maximum atomic E-state index is 13.4. The lowest BCUT2D eigenvalue weighted by molar-refractivity contribution is -0.127. The molecule has 2 N–H and O–H groups in total. The zero-order valence-corrected chi connectivity index (χ0v) is 30.0. The lowest BCUT2D eigenvalue weighted by atomic mass is 9.90. The highest BCUT2D eigenvalue weighted by atomic mass is 32.1. The number of ether oxygens (including phenoxy) is 1. The molecular weight excluding hydrogens is 653 g/mol. The Labute approximate surface area is 296 Å². The van der Waals surface area contributed by atoms with E-state index in [-0.39, 0.29) is 30.0 Å². The number of fused-ring (bicyclic) bond motifs is 3. The zero-order valence-electron chi connectivity index (χ0n) is 29.2.